The molecule has 0 aliphatic rings. The van der Waals surface area contributed by atoms with Crippen LogP contribution >= 0.6 is 0 Å². The molecule has 0 bridgehead atoms. The standard InChI is InChI=1S/C12H17FN2O3/c1-7(6-15-12(16)17)18-11-4-3-9(13)5-10(11)8(2)14/h3-5,7-8,15H,6,14H2,1-2H3,(H,16,17)/t7?,8-/m1/s1. The Morgan fingerprint density at radius 1 is 1.56 bits per heavy atom. The van der Waals surface area contributed by atoms with E-state index in [0.29, 0.717) is 11.3 Å². The third-order valence-corrected chi connectivity index (χ3v) is 2.33. The Kier molecular flexibility index (Phi) is 4.91. The number of carbonyl (C=O) groups is 1. The van der Waals surface area contributed by atoms with Gasteiger partial charge in [0.05, 0.1) is 6.54 Å². The van der Waals surface area contributed by atoms with Gasteiger partial charge in [0.1, 0.15) is 17.7 Å². The highest BCUT2D eigenvalue weighted by atomic mass is 19.1. The summed E-state index contributed by atoms with van der Waals surface area (Å²) in [4.78, 5) is 10.3. The second kappa shape index (κ2) is 6.20. The number of carboxylic acid groups (broad SMARTS) is 1. The van der Waals surface area contributed by atoms with Crippen molar-refractivity contribution in [2.24, 2.45) is 5.73 Å². The fraction of sp³-hybridized carbons (Fsp3) is 0.417. The maximum absolute atomic E-state index is 13.1. The highest BCUT2D eigenvalue weighted by Gasteiger charge is 2.13. The Morgan fingerprint density at radius 3 is 2.78 bits per heavy atom. The first-order chi connectivity index (χ1) is 8.40. The molecule has 0 saturated carbocycles. The molecule has 5 nitrogen and oxygen atoms in total. The number of nitrogens with one attached hydrogen (secondary N) is 1. The second-order valence-corrected chi connectivity index (χ2v) is 4.09. The van der Waals surface area contributed by atoms with E-state index in [4.69, 9.17) is 15.6 Å². The maximum atomic E-state index is 13.1. The highest BCUT2D eigenvalue weighted by molar-refractivity contribution is 5.64. The molecule has 0 heterocycles. The molecule has 1 amide bonds. The number of hydrogen-bond donors (Lipinski definition) is 3. The molecule has 0 aromatic heterocycles. The quantitative estimate of drug-likeness (QED) is 0.751. The Labute approximate surface area is 105 Å². The normalized spacial score (nSPS) is 13.8. The van der Waals surface area contributed by atoms with Crippen molar-refractivity contribution in [3.05, 3.63) is 29.6 Å². The van der Waals surface area contributed by atoms with Gasteiger partial charge in [0.15, 0.2) is 0 Å². The van der Waals surface area contributed by atoms with Crippen molar-refractivity contribution in [2.75, 3.05) is 6.54 Å². The van der Waals surface area contributed by atoms with Crippen LogP contribution in [0.1, 0.15) is 25.5 Å². The van der Waals surface area contributed by atoms with Crippen molar-refractivity contribution in [1.29, 1.82) is 0 Å². The van der Waals surface area contributed by atoms with Crippen LogP contribution in [0.3, 0.4) is 0 Å². The van der Waals surface area contributed by atoms with Crippen LogP contribution in [0.4, 0.5) is 9.18 Å². The summed E-state index contributed by atoms with van der Waals surface area (Å²) < 4.78 is 18.6. The molecule has 0 fully saturated rings. The number of hydrogen-bond acceptors (Lipinski definition) is 3. The van der Waals surface area contributed by atoms with Gasteiger partial charge in [-0.1, -0.05) is 0 Å². The molecule has 100 valence electrons. The molecule has 0 spiro atoms. The van der Waals surface area contributed by atoms with E-state index in [1.807, 2.05) is 0 Å². The fourth-order valence-electron chi connectivity index (χ4n) is 1.47. The molecule has 1 unspecified atom stereocenters. The minimum absolute atomic E-state index is 0.144. The lowest BCUT2D eigenvalue weighted by Gasteiger charge is -2.19. The van der Waals surface area contributed by atoms with E-state index in [1.54, 1.807) is 13.8 Å². The molecule has 0 radical (unpaired) electrons. The second-order valence-electron chi connectivity index (χ2n) is 4.09. The summed E-state index contributed by atoms with van der Waals surface area (Å²) in [6, 6.07) is 3.72. The van der Waals surface area contributed by atoms with Gasteiger partial charge in [0.25, 0.3) is 0 Å². The lowest BCUT2D eigenvalue weighted by atomic mass is 10.1. The highest BCUT2D eigenvalue weighted by Crippen LogP contribution is 2.25. The third kappa shape index (κ3) is 4.21. The lowest BCUT2D eigenvalue weighted by molar-refractivity contribution is 0.178. The molecule has 1 aromatic carbocycles. The molecule has 2 atom stereocenters. The minimum atomic E-state index is -1.11. The molecule has 0 aliphatic heterocycles. The van der Waals surface area contributed by atoms with Gasteiger partial charge in [-0.2, -0.15) is 0 Å². The number of rotatable bonds is 5. The summed E-state index contributed by atoms with van der Waals surface area (Å²) in [7, 11) is 0. The van der Waals surface area contributed by atoms with Gasteiger partial charge >= 0.3 is 6.09 Å². The van der Waals surface area contributed by atoms with E-state index in [9.17, 15) is 9.18 Å². The third-order valence-electron chi connectivity index (χ3n) is 2.33. The van der Waals surface area contributed by atoms with Crippen LogP contribution in [-0.2, 0) is 0 Å². The monoisotopic (exact) mass is 256 g/mol. The molecular formula is C12H17FN2O3. The molecule has 6 heteroatoms. The van der Waals surface area contributed by atoms with Crippen molar-refractivity contribution in [1.82, 2.24) is 5.32 Å². The maximum Gasteiger partial charge on any atom is 0.404 e. The largest absolute Gasteiger partial charge is 0.489 e. The summed E-state index contributed by atoms with van der Waals surface area (Å²) in [5.74, 6) is 0.0806. The van der Waals surface area contributed by atoms with Gasteiger partial charge in [-0.3, -0.25) is 0 Å². The van der Waals surface area contributed by atoms with Crippen molar-refractivity contribution < 1.29 is 19.0 Å². The summed E-state index contributed by atoms with van der Waals surface area (Å²) in [6.45, 7) is 3.58. The van der Waals surface area contributed by atoms with Crippen molar-refractivity contribution in [3.63, 3.8) is 0 Å². The fourth-order valence-corrected chi connectivity index (χ4v) is 1.47. The predicted molar refractivity (Wildman–Crippen MR) is 65.1 cm³/mol. The lowest BCUT2D eigenvalue weighted by Crippen LogP contribution is -2.32. The van der Waals surface area contributed by atoms with Crippen LogP contribution in [0.2, 0.25) is 0 Å². The molecular weight excluding hydrogens is 239 g/mol. The molecule has 18 heavy (non-hydrogen) atoms. The van der Waals surface area contributed by atoms with E-state index >= 15 is 0 Å². The Bertz CT molecular complexity index is 424. The van der Waals surface area contributed by atoms with Crippen molar-refractivity contribution >= 4 is 6.09 Å². The van der Waals surface area contributed by atoms with Crippen LogP contribution in [0, 0.1) is 5.82 Å². The van der Waals surface area contributed by atoms with Crippen LogP contribution in [-0.4, -0.2) is 23.8 Å². The van der Waals surface area contributed by atoms with Crippen LogP contribution < -0.4 is 15.8 Å². The number of halogens is 1. The average molecular weight is 256 g/mol. The molecule has 1 aromatic rings. The summed E-state index contributed by atoms with van der Waals surface area (Å²) >= 11 is 0. The van der Waals surface area contributed by atoms with Crippen molar-refractivity contribution in [2.45, 2.75) is 26.0 Å². The minimum Gasteiger partial charge on any atom is -0.489 e. The van der Waals surface area contributed by atoms with E-state index in [1.165, 1.54) is 18.2 Å². The van der Waals surface area contributed by atoms with E-state index < -0.39 is 6.09 Å². The topological polar surface area (TPSA) is 84.6 Å². The van der Waals surface area contributed by atoms with Gasteiger partial charge in [0, 0.05) is 11.6 Å². The Balaban J connectivity index is 2.74. The van der Waals surface area contributed by atoms with Crippen LogP contribution in [0.15, 0.2) is 18.2 Å². The average Bonchev–Trinajstić information content (AvgIpc) is 2.28. The van der Waals surface area contributed by atoms with Crippen molar-refractivity contribution in [3.8, 4) is 5.75 Å². The van der Waals surface area contributed by atoms with E-state index in [2.05, 4.69) is 5.32 Å². The first-order valence-corrected chi connectivity index (χ1v) is 5.58. The van der Waals surface area contributed by atoms with Gasteiger partial charge in [-0.15, -0.1) is 0 Å². The molecule has 0 aliphatic carbocycles. The van der Waals surface area contributed by atoms with Crippen LogP contribution in [0.25, 0.3) is 0 Å². The number of nitrogens with two attached hydrogens (primary N) is 1. The predicted octanol–water partition coefficient (Wildman–Crippen LogP) is 1.88. The first kappa shape index (κ1) is 14.2. The van der Waals surface area contributed by atoms with Gasteiger partial charge in [-0.25, -0.2) is 9.18 Å². The zero-order valence-electron chi connectivity index (χ0n) is 10.3. The smallest absolute Gasteiger partial charge is 0.404 e. The van der Waals surface area contributed by atoms with Crippen LogP contribution in [0.5, 0.6) is 5.75 Å². The van der Waals surface area contributed by atoms with E-state index in [0.717, 1.165) is 0 Å². The summed E-state index contributed by atoms with van der Waals surface area (Å²) in [6.07, 6.45) is -1.49. The van der Waals surface area contributed by atoms with Gasteiger partial charge < -0.3 is 20.9 Å². The van der Waals surface area contributed by atoms with Gasteiger partial charge in [-0.05, 0) is 32.0 Å². The molecule has 0 saturated heterocycles. The zero-order chi connectivity index (χ0) is 13.7. The Morgan fingerprint density at radius 2 is 2.22 bits per heavy atom. The summed E-state index contributed by atoms with van der Waals surface area (Å²) in [5, 5.41) is 10.7. The number of ether oxygens (including phenoxy) is 1. The van der Waals surface area contributed by atoms with Gasteiger partial charge in [0.2, 0.25) is 0 Å². The SMILES string of the molecule is CC(CNC(=O)O)Oc1ccc(F)cc1[C@@H](C)N. The summed E-state index contributed by atoms with van der Waals surface area (Å²) in [5.41, 5.74) is 6.28. The first-order valence-electron chi connectivity index (χ1n) is 5.58. The number of benzene rings is 1. The molecule has 1 rings (SSSR count). The number of amides is 1. The van der Waals surface area contributed by atoms with E-state index in [-0.39, 0.29) is 24.5 Å². The molecule has 4 N–H and O–H groups in total. The zero-order valence-corrected chi connectivity index (χ0v) is 10.3. The Hall–Kier alpha value is -1.82.